The minimum absolute atomic E-state index is 0.327. The van der Waals surface area contributed by atoms with Gasteiger partial charge in [0.1, 0.15) is 10.5 Å². The maximum Gasteiger partial charge on any atom is 0.146 e. The van der Waals surface area contributed by atoms with Crippen LogP contribution in [-0.4, -0.2) is 16.6 Å². The van der Waals surface area contributed by atoms with Crippen molar-refractivity contribution in [2.75, 3.05) is 0 Å². The van der Waals surface area contributed by atoms with E-state index in [0.717, 1.165) is 16.9 Å². The lowest BCUT2D eigenvalue weighted by Crippen LogP contribution is -2.10. The van der Waals surface area contributed by atoms with Gasteiger partial charge in [0.25, 0.3) is 0 Å². The van der Waals surface area contributed by atoms with Gasteiger partial charge < -0.3 is 4.43 Å². The molecule has 70 valence electrons. The number of rotatable bonds is 4. The zero-order valence-corrected chi connectivity index (χ0v) is 10.3. The monoisotopic (exact) mass is 192 g/mol. The average molecular weight is 192 g/mol. The van der Waals surface area contributed by atoms with Gasteiger partial charge in [-0.05, 0) is 24.5 Å². The van der Waals surface area contributed by atoms with Crippen LogP contribution in [0.2, 0.25) is 0 Å². The van der Waals surface area contributed by atoms with Gasteiger partial charge in [-0.3, -0.25) is 0 Å². The molecule has 1 atom stereocenters. The highest BCUT2D eigenvalue weighted by molar-refractivity contribution is 5.98. The highest BCUT2D eigenvalue weighted by atomic mass is 28.2. The Kier molecular flexibility index (Phi) is 3.93. The highest BCUT2D eigenvalue weighted by Crippen LogP contribution is 2.12. The Morgan fingerprint density at radius 3 is 2.85 bits per heavy atom. The van der Waals surface area contributed by atoms with Gasteiger partial charge in [0, 0.05) is 6.10 Å². The SMILES string of the molecule is C=Cc1ccccc1CC(C)O[SiH3]. The fourth-order valence-corrected chi connectivity index (χ4v) is 1.48. The molecule has 1 unspecified atom stereocenters. The van der Waals surface area contributed by atoms with Crippen molar-refractivity contribution in [3.63, 3.8) is 0 Å². The van der Waals surface area contributed by atoms with Gasteiger partial charge in [0.2, 0.25) is 0 Å². The van der Waals surface area contributed by atoms with Gasteiger partial charge >= 0.3 is 0 Å². The van der Waals surface area contributed by atoms with E-state index in [9.17, 15) is 0 Å². The number of benzene rings is 1. The quantitative estimate of drug-likeness (QED) is 0.658. The second kappa shape index (κ2) is 4.99. The Bertz CT molecular complexity index is 283. The standard InChI is InChI=1S/C11H16OSi/c1-3-10-6-4-5-7-11(10)8-9(2)12-13/h3-7,9H,1,8H2,2,13H3. The van der Waals surface area contributed by atoms with Crippen LogP contribution in [-0.2, 0) is 10.8 Å². The van der Waals surface area contributed by atoms with Crippen molar-refractivity contribution < 1.29 is 4.43 Å². The van der Waals surface area contributed by atoms with Crippen molar-refractivity contribution in [3.8, 4) is 0 Å². The second-order valence-corrected chi connectivity index (χ2v) is 3.62. The van der Waals surface area contributed by atoms with Crippen LogP contribution in [0.15, 0.2) is 30.8 Å². The van der Waals surface area contributed by atoms with Crippen LogP contribution in [0.1, 0.15) is 18.1 Å². The predicted octanol–water partition coefficient (Wildman–Crippen LogP) is 1.56. The first-order valence-electron chi connectivity index (χ1n) is 4.51. The second-order valence-electron chi connectivity index (χ2n) is 3.15. The largest absolute Gasteiger partial charge is 0.425 e. The van der Waals surface area contributed by atoms with E-state index < -0.39 is 0 Å². The molecule has 0 amide bonds. The third-order valence-corrected chi connectivity index (χ3v) is 2.99. The molecule has 0 spiro atoms. The van der Waals surface area contributed by atoms with E-state index in [1.54, 1.807) is 0 Å². The van der Waals surface area contributed by atoms with Crippen LogP contribution in [0.5, 0.6) is 0 Å². The molecule has 0 radical (unpaired) electrons. The van der Waals surface area contributed by atoms with Crippen LogP contribution >= 0.6 is 0 Å². The Balaban J connectivity index is 2.80. The molecule has 0 bridgehead atoms. The normalized spacial score (nSPS) is 12.7. The molecule has 0 heterocycles. The van der Waals surface area contributed by atoms with Crippen molar-refractivity contribution in [2.45, 2.75) is 19.4 Å². The lowest BCUT2D eigenvalue weighted by Gasteiger charge is -2.11. The van der Waals surface area contributed by atoms with Crippen LogP contribution in [0, 0.1) is 0 Å². The van der Waals surface area contributed by atoms with Crippen LogP contribution in [0.25, 0.3) is 6.08 Å². The van der Waals surface area contributed by atoms with Crippen molar-refractivity contribution >= 4 is 16.6 Å². The highest BCUT2D eigenvalue weighted by Gasteiger charge is 2.03. The summed E-state index contributed by atoms with van der Waals surface area (Å²) in [5.74, 6) is 0. The minimum atomic E-state index is 0.327. The van der Waals surface area contributed by atoms with Gasteiger partial charge in [-0.25, -0.2) is 0 Å². The lowest BCUT2D eigenvalue weighted by atomic mass is 10.0. The maximum atomic E-state index is 5.36. The van der Waals surface area contributed by atoms with Crippen molar-refractivity contribution in [3.05, 3.63) is 42.0 Å². The van der Waals surface area contributed by atoms with Gasteiger partial charge in [-0.1, -0.05) is 36.9 Å². The molecule has 1 rings (SSSR count). The topological polar surface area (TPSA) is 9.23 Å². The summed E-state index contributed by atoms with van der Waals surface area (Å²) in [7, 11) is 0.807. The van der Waals surface area contributed by atoms with E-state index in [2.05, 4.69) is 31.7 Å². The van der Waals surface area contributed by atoms with Crippen LogP contribution < -0.4 is 0 Å². The molecule has 1 aromatic carbocycles. The summed E-state index contributed by atoms with van der Waals surface area (Å²) in [4.78, 5) is 0. The first kappa shape index (κ1) is 10.2. The predicted molar refractivity (Wildman–Crippen MR) is 60.7 cm³/mol. The molecule has 0 saturated heterocycles. The van der Waals surface area contributed by atoms with Gasteiger partial charge in [0.05, 0.1) is 0 Å². The average Bonchev–Trinajstić information content (AvgIpc) is 2.18. The molecule has 2 heteroatoms. The maximum absolute atomic E-state index is 5.36. The summed E-state index contributed by atoms with van der Waals surface area (Å²) in [6.45, 7) is 5.90. The van der Waals surface area contributed by atoms with Crippen molar-refractivity contribution in [2.24, 2.45) is 0 Å². The van der Waals surface area contributed by atoms with E-state index >= 15 is 0 Å². The molecule has 0 N–H and O–H groups in total. The Morgan fingerprint density at radius 2 is 2.23 bits per heavy atom. The minimum Gasteiger partial charge on any atom is -0.425 e. The van der Waals surface area contributed by atoms with Gasteiger partial charge in [-0.15, -0.1) is 0 Å². The third kappa shape index (κ3) is 2.83. The van der Waals surface area contributed by atoms with Crippen molar-refractivity contribution in [1.29, 1.82) is 0 Å². The van der Waals surface area contributed by atoms with Crippen molar-refractivity contribution in [1.82, 2.24) is 0 Å². The molecule has 13 heavy (non-hydrogen) atoms. The zero-order valence-electron chi connectivity index (χ0n) is 8.29. The summed E-state index contributed by atoms with van der Waals surface area (Å²) in [5.41, 5.74) is 2.54. The molecule has 1 aromatic rings. The zero-order chi connectivity index (χ0) is 9.68. The van der Waals surface area contributed by atoms with E-state index in [0.29, 0.717) is 6.10 Å². The van der Waals surface area contributed by atoms with E-state index in [1.807, 2.05) is 12.1 Å². The fraction of sp³-hybridized carbons (Fsp3) is 0.273. The van der Waals surface area contributed by atoms with Crippen LogP contribution in [0.4, 0.5) is 0 Å². The summed E-state index contributed by atoms with van der Waals surface area (Å²) >= 11 is 0. The summed E-state index contributed by atoms with van der Waals surface area (Å²) in [5, 5.41) is 0. The molecule has 0 aliphatic carbocycles. The third-order valence-electron chi connectivity index (χ3n) is 2.18. The molecule has 0 fully saturated rings. The molecule has 0 aromatic heterocycles. The fourth-order valence-electron chi connectivity index (χ4n) is 1.31. The molecular weight excluding hydrogens is 176 g/mol. The first-order valence-corrected chi connectivity index (χ1v) is 5.32. The van der Waals surface area contributed by atoms with Gasteiger partial charge in [0.15, 0.2) is 0 Å². The summed E-state index contributed by atoms with van der Waals surface area (Å²) in [6.07, 6.45) is 3.20. The first-order chi connectivity index (χ1) is 6.27. The van der Waals surface area contributed by atoms with E-state index in [1.165, 1.54) is 11.1 Å². The molecular formula is C11H16OSi. The molecule has 0 saturated carbocycles. The molecule has 1 nitrogen and oxygen atoms in total. The Labute approximate surface area is 83.0 Å². The summed E-state index contributed by atoms with van der Waals surface area (Å²) in [6, 6.07) is 8.31. The Hall–Kier alpha value is -0.863. The molecule has 0 aliphatic heterocycles. The van der Waals surface area contributed by atoms with E-state index in [-0.39, 0.29) is 0 Å². The summed E-state index contributed by atoms with van der Waals surface area (Å²) < 4.78 is 5.36. The van der Waals surface area contributed by atoms with E-state index in [4.69, 9.17) is 4.43 Å². The van der Waals surface area contributed by atoms with Crippen LogP contribution in [0.3, 0.4) is 0 Å². The van der Waals surface area contributed by atoms with Gasteiger partial charge in [-0.2, -0.15) is 0 Å². The lowest BCUT2D eigenvalue weighted by molar-refractivity contribution is 0.244. The smallest absolute Gasteiger partial charge is 0.146 e. The Morgan fingerprint density at radius 1 is 1.54 bits per heavy atom. The molecule has 0 aliphatic rings. The number of hydrogen-bond donors (Lipinski definition) is 0. The number of hydrogen-bond acceptors (Lipinski definition) is 1.